The van der Waals surface area contributed by atoms with Crippen LogP contribution in [0, 0.1) is 0 Å². The molecule has 0 aliphatic rings. The molecule has 0 heterocycles. The fourth-order valence-electron chi connectivity index (χ4n) is 6.45. The molecule has 0 spiro atoms. The second-order valence-corrected chi connectivity index (χ2v) is 17.7. The number of allylic oxidation sites excluding steroid dienone is 8. The van der Waals surface area contributed by atoms with Crippen LogP contribution >= 0.6 is 7.82 Å². The molecule has 4 N–H and O–H groups in total. The third-order valence-corrected chi connectivity index (χ3v) is 11.2. The summed E-state index contributed by atoms with van der Waals surface area (Å²) in [6.45, 7) is 2.73. The van der Waals surface area contributed by atoms with Gasteiger partial charge in [-0.1, -0.05) is 178 Å². The summed E-state index contributed by atoms with van der Waals surface area (Å²) in [5, 5.41) is 8.90. The number of nitrogens with two attached hydrogens (primary N) is 1. The minimum atomic E-state index is -4.73. The number of phosphoric ester groups is 1. The Morgan fingerprint density at radius 2 is 0.918 bits per heavy atom. The number of carbonyl (C=O) groups is 3. The minimum absolute atomic E-state index is 0.0977. The van der Waals surface area contributed by atoms with Crippen LogP contribution in [0.2, 0.25) is 0 Å². The van der Waals surface area contributed by atoms with Crippen molar-refractivity contribution in [3.8, 4) is 0 Å². The number of aliphatic carboxylic acids is 1. The molecule has 0 aliphatic heterocycles. The Balaban J connectivity index is 4.33. The smallest absolute Gasteiger partial charge is 0.472 e. The van der Waals surface area contributed by atoms with Crippen LogP contribution in [0.3, 0.4) is 0 Å². The van der Waals surface area contributed by atoms with Crippen LogP contribution in [0.25, 0.3) is 0 Å². The lowest BCUT2D eigenvalue weighted by Crippen LogP contribution is -2.34. The predicted octanol–water partition coefficient (Wildman–Crippen LogP) is 13.3. The number of carbonyl (C=O) groups excluding carboxylic acids is 2. The van der Waals surface area contributed by atoms with E-state index < -0.39 is 51.1 Å². The van der Waals surface area contributed by atoms with Gasteiger partial charge in [0.25, 0.3) is 0 Å². The maximum atomic E-state index is 12.6. The highest BCUT2D eigenvalue weighted by Crippen LogP contribution is 2.43. The van der Waals surface area contributed by atoms with Crippen LogP contribution in [0.1, 0.15) is 213 Å². The van der Waals surface area contributed by atoms with E-state index in [1.54, 1.807) is 0 Å². The average molecular weight is 882 g/mol. The monoisotopic (exact) mass is 882 g/mol. The molecule has 0 amide bonds. The number of carboxylic acid groups (broad SMARTS) is 1. The third-order valence-electron chi connectivity index (χ3n) is 10.3. The third kappa shape index (κ3) is 43.9. The van der Waals surface area contributed by atoms with Crippen LogP contribution in [0.15, 0.2) is 48.6 Å². The summed E-state index contributed by atoms with van der Waals surface area (Å²) >= 11 is 0. The van der Waals surface area contributed by atoms with Gasteiger partial charge >= 0.3 is 25.7 Å². The fraction of sp³-hybridized carbons (Fsp3) is 0.776. The molecule has 354 valence electrons. The Hall–Kier alpha value is -2.56. The molecule has 0 saturated heterocycles. The molecule has 0 aromatic rings. The molecule has 0 saturated carbocycles. The van der Waals surface area contributed by atoms with Gasteiger partial charge in [-0.25, -0.2) is 4.57 Å². The number of unbranched alkanes of at least 4 members (excludes halogenated alkanes) is 23. The largest absolute Gasteiger partial charge is 0.480 e. The molecule has 1 unspecified atom stereocenters. The van der Waals surface area contributed by atoms with Crippen molar-refractivity contribution >= 4 is 25.7 Å². The van der Waals surface area contributed by atoms with E-state index in [0.717, 1.165) is 64.2 Å². The second-order valence-electron chi connectivity index (χ2n) is 16.2. The zero-order chi connectivity index (χ0) is 44.9. The molecule has 0 bridgehead atoms. The topological polar surface area (TPSA) is 172 Å². The van der Waals surface area contributed by atoms with Crippen molar-refractivity contribution < 1.29 is 47.5 Å². The van der Waals surface area contributed by atoms with E-state index in [4.69, 9.17) is 24.8 Å². The summed E-state index contributed by atoms with van der Waals surface area (Å²) in [7, 11) is -4.73. The predicted molar refractivity (Wildman–Crippen MR) is 249 cm³/mol. The molecule has 0 aliphatic carbocycles. The van der Waals surface area contributed by atoms with Crippen LogP contribution in [0.5, 0.6) is 0 Å². The lowest BCUT2D eigenvalue weighted by atomic mass is 10.0. The van der Waals surface area contributed by atoms with Gasteiger partial charge in [-0.3, -0.25) is 23.4 Å². The highest BCUT2D eigenvalue weighted by Gasteiger charge is 2.28. The van der Waals surface area contributed by atoms with Crippen LogP contribution in [-0.4, -0.2) is 59.9 Å². The maximum absolute atomic E-state index is 12.6. The first-order valence-electron chi connectivity index (χ1n) is 24.2. The fourth-order valence-corrected chi connectivity index (χ4v) is 7.23. The maximum Gasteiger partial charge on any atom is 0.472 e. The quantitative estimate of drug-likeness (QED) is 0.0230. The first-order chi connectivity index (χ1) is 29.6. The molecule has 12 heteroatoms. The van der Waals surface area contributed by atoms with E-state index in [0.29, 0.717) is 19.3 Å². The van der Waals surface area contributed by atoms with Crippen molar-refractivity contribution in [1.82, 2.24) is 0 Å². The van der Waals surface area contributed by atoms with E-state index in [9.17, 15) is 23.8 Å². The van der Waals surface area contributed by atoms with Crippen LogP contribution in [0.4, 0.5) is 0 Å². The van der Waals surface area contributed by atoms with Crippen LogP contribution in [-0.2, 0) is 37.5 Å². The molecule has 11 nitrogen and oxygen atoms in total. The highest BCUT2D eigenvalue weighted by molar-refractivity contribution is 7.47. The van der Waals surface area contributed by atoms with Gasteiger partial charge in [-0.05, 0) is 70.6 Å². The van der Waals surface area contributed by atoms with Crippen molar-refractivity contribution in [2.75, 3.05) is 19.8 Å². The van der Waals surface area contributed by atoms with Crippen molar-refractivity contribution in [1.29, 1.82) is 0 Å². The first kappa shape index (κ1) is 58.4. The number of ether oxygens (including phenoxy) is 2. The van der Waals surface area contributed by atoms with E-state index in [1.165, 1.54) is 103 Å². The van der Waals surface area contributed by atoms with E-state index >= 15 is 0 Å². The van der Waals surface area contributed by atoms with E-state index in [1.807, 2.05) is 6.08 Å². The van der Waals surface area contributed by atoms with E-state index in [-0.39, 0.29) is 19.4 Å². The number of esters is 2. The molecular formula is C49H88NO10P. The Kier molecular flexibility index (Phi) is 42.2. The van der Waals surface area contributed by atoms with Gasteiger partial charge in [-0.15, -0.1) is 0 Å². The molecule has 0 radical (unpaired) electrons. The van der Waals surface area contributed by atoms with Gasteiger partial charge in [-0.2, -0.15) is 0 Å². The van der Waals surface area contributed by atoms with E-state index in [2.05, 4.69) is 60.9 Å². The summed E-state index contributed by atoms with van der Waals surface area (Å²) in [6, 6.07) is -1.53. The molecule has 0 aromatic carbocycles. The zero-order valence-electron chi connectivity index (χ0n) is 38.5. The number of hydrogen-bond acceptors (Lipinski definition) is 9. The molecular weight excluding hydrogens is 794 g/mol. The van der Waals surface area contributed by atoms with Gasteiger partial charge in [0.05, 0.1) is 13.2 Å². The summed E-state index contributed by atoms with van der Waals surface area (Å²) in [4.78, 5) is 46.0. The first-order valence-corrected chi connectivity index (χ1v) is 25.7. The van der Waals surface area contributed by atoms with Crippen molar-refractivity contribution in [2.45, 2.75) is 225 Å². The Bertz CT molecular complexity index is 1220. The molecule has 61 heavy (non-hydrogen) atoms. The Labute approximate surface area is 371 Å². The summed E-state index contributed by atoms with van der Waals surface area (Å²) < 4.78 is 32.7. The second kappa shape index (κ2) is 44.1. The Morgan fingerprint density at radius 3 is 1.44 bits per heavy atom. The molecule has 0 fully saturated rings. The molecule has 0 aromatic heterocycles. The molecule has 0 rings (SSSR count). The highest BCUT2D eigenvalue weighted by atomic mass is 31.2. The SMILES string of the molecule is CCCC/C=C/C/C=C/CCCCCCCC(=O)OC[C@@H](COP(=O)(O)OC[C@H](N)C(=O)O)OC(=O)CCC/C=C/CC/C=C/CCCCCCCCCCCCCCCC. The number of carboxylic acids is 1. The van der Waals surface area contributed by atoms with Crippen molar-refractivity contribution in [2.24, 2.45) is 5.73 Å². The average Bonchev–Trinajstić information content (AvgIpc) is 3.24. The standard InChI is InChI=1S/C49H88NO10P/c1-3-5-7-9-11-13-15-17-19-20-21-22-23-24-25-26-27-29-31-33-35-37-39-41-48(52)60-45(43-58-61(55,56)59-44-46(50)49(53)54)42-57-47(51)40-38-36-34-32-30-28-18-16-14-12-10-8-6-4-2/h10,12,16,18,26-27,33,35,45-46H,3-9,11,13-15,17,19-25,28-32,34,36-44,50H2,1-2H3,(H,53,54)(H,55,56)/b12-10+,18-16+,27-26+,35-33+/t45-,46-/m0/s1. The number of hydrogen-bond donors (Lipinski definition) is 3. The minimum Gasteiger partial charge on any atom is -0.480 e. The number of phosphoric acid groups is 1. The van der Waals surface area contributed by atoms with Gasteiger partial charge in [0, 0.05) is 12.8 Å². The van der Waals surface area contributed by atoms with Gasteiger partial charge in [0.15, 0.2) is 6.10 Å². The lowest BCUT2D eigenvalue weighted by molar-refractivity contribution is -0.161. The van der Waals surface area contributed by atoms with Gasteiger partial charge in [0.1, 0.15) is 12.6 Å². The van der Waals surface area contributed by atoms with Gasteiger partial charge in [0.2, 0.25) is 0 Å². The summed E-state index contributed by atoms with van der Waals surface area (Å²) in [6.07, 6.45) is 50.5. The van der Waals surface area contributed by atoms with Crippen molar-refractivity contribution in [3.05, 3.63) is 48.6 Å². The van der Waals surface area contributed by atoms with Crippen LogP contribution < -0.4 is 5.73 Å². The lowest BCUT2D eigenvalue weighted by Gasteiger charge is -2.20. The Morgan fingerprint density at radius 1 is 0.508 bits per heavy atom. The zero-order valence-corrected chi connectivity index (χ0v) is 39.4. The van der Waals surface area contributed by atoms with Gasteiger partial charge < -0.3 is 25.2 Å². The van der Waals surface area contributed by atoms with Crippen molar-refractivity contribution in [3.63, 3.8) is 0 Å². The molecule has 3 atom stereocenters. The number of rotatable bonds is 45. The summed E-state index contributed by atoms with van der Waals surface area (Å²) in [5.41, 5.74) is 5.34. The summed E-state index contributed by atoms with van der Waals surface area (Å²) in [5.74, 6) is -2.45. The normalized spacial score (nSPS) is 14.0.